The van der Waals surface area contributed by atoms with Gasteiger partial charge in [0.15, 0.2) is 0 Å². The van der Waals surface area contributed by atoms with E-state index < -0.39 is 23.5 Å². The van der Waals surface area contributed by atoms with Crippen molar-refractivity contribution in [2.45, 2.75) is 130 Å². The van der Waals surface area contributed by atoms with Crippen molar-refractivity contribution in [3.63, 3.8) is 0 Å². The molecule has 0 amide bonds. The first-order valence-corrected chi connectivity index (χ1v) is 23.0. The number of rotatable bonds is 4. The Morgan fingerprint density at radius 3 is 1.59 bits per heavy atom. The van der Waals surface area contributed by atoms with Crippen molar-refractivity contribution in [1.29, 1.82) is 0 Å². The van der Waals surface area contributed by atoms with Gasteiger partial charge in [0.25, 0.3) is 0 Å². The molecule has 0 N–H and O–H groups in total. The summed E-state index contributed by atoms with van der Waals surface area (Å²) < 4.78 is 76.7. The molecule has 5 aliphatic carbocycles. The number of hydrogen-bond donors (Lipinski definition) is 0. The number of aryl methyl sites for hydroxylation is 2. The Kier molecular flexibility index (Phi) is 15.6. The molecule has 4 bridgehead atoms. The Morgan fingerprint density at radius 2 is 1.14 bits per heavy atom. The summed E-state index contributed by atoms with van der Waals surface area (Å²) in [7, 11) is 0. The Hall–Kier alpha value is -2.86. The molecule has 0 nitrogen and oxygen atoms in total. The summed E-state index contributed by atoms with van der Waals surface area (Å²) in [5, 5.41) is 0. The minimum atomic E-state index is -4.49. The largest absolute Gasteiger partial charge is 1.00 e. The van der Waals surface area contributed by atoms with Gasteiger partial charge in [-0.2, -0.15) is 52.1 Å². The molecule has 4 fully saturated rings. The van der Waals surface area contributed by atoms with E-state index in [2.05, 4.69) is 104 Å². The molecule has 10 rings (SSSR count). The average molecular weight is 983 g/mol. The van der Waals surface area contributed by atoms with Gasteiger partial charge < -0.3 is 24.8 Å². The first-order chi connectivity index (χ1) is 28.4. The molecule has 0 aliphatic heterocycles. The fourth-order valence-electron chi connectivity index (χ4n) is 10.8. The van der Waals surface area contributed by atoms with Crippen molar-refractivity contribution in [2.75, 3.05) is 0 Å². The summed E-state index contributed by atoms with van der Waals surface area (Å²) in [6.45, 7) is 18.2. The predicted octanol–water partition coefficient (Wildman–Crippen LogP) is 9.28. The first kappa shape index (κ1) is 51.1. The van der Waals surface area contributed by atoms with Crippen LogP contribution in [-0.4, -0.2) is 3.21 Å². The van der Waals surface area contributed by atoms with Gasteiger partial charge in [-0.1, -0.05) is 96.6 Å². The van der Waals surface area contributed by atoms with Crippen molar-refractivity contribution in [2.24, 2.45) is 23.2 Å². The van der Waals surface area contributed by atoms with Crippen molar-refractivity contribution in [1.82, 2.24) is 0 Å². The molecule has 0 atom stereocenters. The Morgan fingerprint density at radius 1 is 0.651 bits per heavy atom. The molecule has 9 heteroatoms. The van der Waals surface area contributed by atoms with E-state index in [-0.39, 0.29) is 46.8 Å². The summed E-state index contributed by atoms with van der Waals surface area (Å²) in [4.78, 5) is 0. The zero-order chi connectivity index (χ0) is 44.3. The molecule has 5 aliphatic rings. The monoisotopic (exact) mass is 980 g/mol. The molecular weight excluding hydrogens is 925 g/mol. The van der Waals surface area contributed by atoms with Crippen LogP contribution in [0.3, 0.4) is 0 Å². The molecule has 63 heavy (non-hydrogen) atoms. The van der Waals surface area contributed by atoms with E-state index in [0.717, 1.165) is 72.7 Å². The maximum Gasteiger partial charge on any atom is -1.00 e. The minimum Gasteiger partial charge on any atom is -1.00 e. The molecule has 5 aromatic rings. The maximum atomic E-state index is 12.7. The van der Waals surface area contributed by atoms with Crippen LogP contribution in [0.1, 0.15) is 141 Å². The van der Waals surface area contributed by atoms with Gasteiger partial charge in [0.05, 0.1) is 0 Å². The average Bonchev–Trinajstić information content (AvgIpc) is 3.69. The minimum absolute atomic E-state index is 0. The van der Waals surface area contributed by atoms with Gasteiger partial charge >= 0.3 is 137 Å². The molecule has 0 unspecified atom stereocenters. The summed E-state index contributed by atoms with van der Waals surface area (Å²) in [5.41, 5.74) is 13.0. The van der Waals surface area contributed by atoms with Crippen LogP contribution in [0, 0.1) is 43.1 Å². The van der Waals surface area contributed by atoms with Gasteiger partial charge in [-0.05, 0) is 79.1 Å². The second-order valence-corrected chi connectivity index (χ2v) is 21.9. The molecule has 336 valence electrons. The Labute approximate surface area is 398 Å². The quantitative estimate of drug-likeness (QED) is 0.122. The summed E-state index contributed by atoms with van der Waals surface area (Å²) in [6, 6.07) is 29.1. The van der Waals surface area contributed by atoms with Gasteiger partial charge in [0.1, 0.15) is 0 Å². The normalized spacial score (nSPS) is 20.9. The van der Waals surface area contributed by atoms with Crippen molar-refractivity contribution in [3.8, 4) is 11.1 Å². The van der Waals surface area contributed by atoms with Crippen molar-refractivity contribution < 1.29 is 75.4 Å². The smallest absolute Gasteiger partial charge is 1.00 e. The first-order valence-electron chi connectivity index (χ1n) is 21.7. The van der Waals surface area contributed by atoms with Gasteiger partial charge in [0, 0.05) is 0 Å². The van der Waals surface area contributed by atoms with E-state index in [4.69, 9.17) is 0 Å². The molecule has 0 aromatic heterocycles. The molecule has 0 heterocycles. The topological polar surface area (TPSA) is 0 Å². The molecule has 0 spiro atoms. The van der Waals surface area contributed by atoms with Gasteiger partial charge in [-0.15, -0.1) is 5.56 Å². The SMILES string of the molecule is CC(C)(C)c1c[c-]c2c(c1)-c1cc(C(C)(C)C)ccc1C2.Cc1cc(CC23CC4CC(CC(C4)C2)C3)c(C)[cH-]1.FC(F)(F)c1cccc([C](=[Zr+2])c2cccc(C(F)(F)F)c2)c1.[Cl-].[Cl-]. The van der Waals surface area contributed by atoms with E-state index in [1.807, 2.05) is 0 Å². The Bertz CT molecular complexity index is 2250. The number of fused-ring (bicyclic) bond motifs is 3. The van der Waals surface area contributed by atoms with Crippen LogP contribution in [-0.2, 0) is 60.3 Å². The van der Waals surface area contributed by atoms with Crippen molar-refractivity contribution >= 4 is 3.21 Å². The van der Waals surface area contributed by atoms with Gasteiger partial charge in [0.2, 0.25) is 0 Å². The second-order valence-electron chi connectivity index (χ2n) is 20.7. The van der Waals surface area contributed by atoms with E-state index in [0.29, 0.717) is 8.62 Å². The Balaban J connectivity index is 0.000000176. The van der Waals surface area contributed by atoms with Gasteiger partial charge in [-0.3, -0.25) is 0 Å². The third kappa shape index (κ3) is 11.9. The molecule has 0 radical (unpaired) electrons. The molecule has 0 saturated heterocycles. The standard InChI is InChI=1S/C21H25.C18H25.C15H8F6.2ClH.Zr/c1-20(2,3)16-9-7-14-11-15-8-10-17(21(4,5)6)13-19(15)18(14)12-16;1-12-3-13(2)17(4-12)11-18-8-14-5-15(9-18)7-16(6-14)10-18;16-14(17,18)12-5-1-3-10(8-12)7-11-4-2-6-13(9-11)15(19,20)21;;;/h7,9-10,12-13H,11H2,1-6H3;3-4,14-16H,5-11H2,1-2H3;1-6,8-9H;2*1H;/q2*-1;;;;+2/p-2. The van der Waals surface area contributed by atoms with Crippen LogP contribution in [0.25, 0.3) is 11.1 Å². The number of alkyl halides is 6. The summed E-state index contributed by atoms with van der Waals surface area (Å²) in [5.74, 6) is 3.27. The number of hydrogen-bond acceptors (Lipinski definition) is 0. The van der Waals surface area contributed by atoms with Crippen LogP contribution in [0.4, 0.5) is 26.3 Å². The van der Waals surface area contributed by atoms with E-state index in [1.165, 1.54) is 69.6 Å². The van der Waals surface area contributed by atoms with Crippen LogP contribution in [0.2, 0.25) is 0 Å². The third-order valence-electron chi connectivity index (χ3n) is 13.6. The van der Waals surface area contributed by atoms with Crippen LogP contribution in [0.5, 0.6) is 0 Å². The van der Waals surface area contributed by atoms with E-state index in [1.54, 1.807) is 49.7 Å². The maximum absolute atomic E-state index is 12.7. The zero-order valence-electron chi connectivity index (χ0n) is 37.6. The van der Waals surface area contributed by atoms with E-state index in [9.17, 15) is 26.3 Å². The van der Waals surface area contributed by atoms with Gasteiger partial charge in [-0.25, -0.2) is 6.07 Å². The van der Waals surface area contributed by atoms with E-state index >= 15 is 0 Å². The molecule has 5 aromatic carbocycles. The number of benzene rings is 4. The zero-order valence-corrected chi connectivity index (χ0v) is 41.5. The number of halogens is 8. The van der Waals surface area contributed by atoms with Crippen molar-refractivity contribution in [3.05, 3.63) is 158 Å². The summed E-state index contributed by atoms with van der Waals surface area (Å²) >= 11 is 0.729. The fraction of sp³-hybridized carbons (Fsp3) is 0.444. The van der Waals surface area contributed by atoms with Crippen LogP contribution in [0.15, 0.2) is 91.0 Å². The second kappa shape index (κ2) is 19.2. The molecular formula is C54H58Cl2F6Zr-2. The van der Waals surface area contributed by atoms with Crippen LogP contribution < -0.4 is 24.8 Å². The summed E-state index contributed by atoms with van der Waals surface area (Å²) in [6.07, 6.45) is 2.78. The fourth-order valence-corrected chi connectivity index (χ4v) is 11.6. The van der Waals surface area contributed by atoms with Crippen LogP contribution >= 0.6 is 0 Å². The third-order valence-corrected chi connectivity index (χ3v) is 15.0. The predicted molar refractivity (Wildman–Crippen MR) is 233 cm³/mol. The molecule has 4 saturated carbocycles.